The van der Waals surface area contributed by atoms with Gasteiger partial charge in [0.1, 0.15) is 5.75 Å². The SMILES string of the molecule is CN=C(NCc1ccnc(OC)c1)NCc1ccccc1OC. The zero-order valence-corrected chi connectivity index (χ0v) is 13.7. The molecule has 0 amide bonds. The van der Waals surface area contributed by atoms with Gasteiger partial charge in [0.2, 0.25) is 5.88 Å². The number of para-hydroxylation sites is 1. The van der Waals surface area contributed by atoms with E-state index in [1.165, 1.54) is 0 Å². The molecule has 2 aromatic rings. The van der Waals surface area contributed by atoms with Gasteiger partial charge in [0.25, 0.3) is 0 Å². The Hall–Kier alpha value is -2.76. The van der Waals surface area contributed by atoms with Crippen LogP contribution in [-0.4, -0.2) is 32.2 Å². The van der Waals surface area contributed by atoms with Crippen molar-refractivity contribution in [3.8, 4) is 11.6 Å². The normalized spacial score (nSPS) is 11.0. The van der Waals surface area contributed by atoms with E-state index in [-0.39, 0.29) is 0 Å². The summed E-state index contributed by atoms with van der Waals surface area (Å²) in [6.07, 6.45) is 1.72. The predicted octanol–water partition coefficient (Wildman–Crippen LogP) is 1.96. The minimum absolute atomic E-state index is 0.598. The fraction of sp³-hybridized carbons (Fsp3) is 0.294. The van der Waals surface area contributed by atoms with E-state index in [1.807, 2.05) is 36.4 Å². The van der Waals surface area contributed by atoms with Crippen LogP contribution in [0.5, 0.6) is 11.6 Å². The van der Waals surface area contributed by atoms with Gasteiger partial charge in [0.05, 0.1) is 14.2 Å². The van der Waals surface area contributed by atoms with E-state index in [0.717, 1.165) is 16.9 Å². The van der Waals surface area contributed by atoms with Gasteiger partial charge in [-0.2, -0.15) is 0 Å². The molecule has 23 heavy (non-hydrogen) atoms. The molecular formula is C17H22N4O2. The summed E-state index contributed by atoms with van der Waals surface area (Å²) in [5, 5.41) is 6.53. The summed E-state index contributed by atoms with van der Waals surface area (Å²) in [7, 11) is 5.01. The molecule has 2 N–H and O–H groups in total. The summed E-state index contributed by atoms with van der Waals surface area (Å²) in [6, 6.07) is 11.7. The molecule has 1 heterocycles. The van der Waals surface area contributed by atoms with Crippen molar-refractivity contribution in [3.05, 3.63) is 53.7 Å². The first kappa shape index (κ1) is 16.6. The number of pyridine rings is 1. The van der Waals surface area contributed by atoms with Crippen LogP contribution in [0.4, 0.5) is 0 Å². The van der Waals surface area contributed by atoms with E-state index in [9.17, 15) is 0 Å². The van der Waals surface area contributed by atoms with Gasteiger partial charge in [-0.25, -0.2) is 4.98 Å². The third-order valence-corrected chi connectivity index (χ3v) is 3.33. The highest BCUT2D eigenvalue weighted by atomic mass is 16.5. The minimum Gasteiger partial charge on any atom is -0.496 e. The van der Waals surface area contributed by atoms with Gasteiger partial charge in [0.15, 0.2) is 5.96 Å². The van der Waals surface area contributed by atoms with Gasteiger partial charge >= 0.3 is 0 Å². The Morgan fingerprint density at radius 1 is 1.09 bits per heavy atom. The largest absolute Gasteiger partial charge is 0.496 e. The van der Waals surface area contributed by atoms with Crippen molar-refractivity contribution in [1.29, 1.82) is 0 Å². The number of nitrogens with zero attached hydrogens (tertiary/aromatic N) is 2. The van der Waals surface area contributed by atoms with Crippen LogP contribution in [0.1, 0.15) is 11.1 Å². The van der Waals surface area contributed by atoms with Gasteiger partial charge in [0, 0.05) is 38.0 Å². The summed E-state index contributed by atoms with van der Waals surface area (Å²) in [5.74, 6) is 2.17. The number of hydrogen-bond acceptors (Lipinski definition) is 4. The van der Waals surface area contributed by atoms with Crippen LogP contribution in [0.25, 0.3) is 0 Å². The minimum atomic E-state index is 0.598. The van der Waals surface area contributed by atoms with E-state index in [0.29, 0.717) is 24.9 Å². The molecule has 0 fully saturated rings. The van der Waals surface area contributed by atoms with Crippen LogP contribution < -0.4 is 20.1 Å². The Kier molecular flexibility index (Phi) is 6.23. The summed E-state index contributed by atoms with van der Waals surface area (Å²) >= 11 is 0. The van der Waals surface area contributed by atoms with Crippen molar-refractivity contribution in [2.75, 3.05) is 21.3 Å². The molecule has 1 aromatic heterocycles. The number of benzene rings is 1. The Balaban J connectivity index is 1.90. The number of methoxy groups -OCH3 is 2. The first-order chi connectivity index (χ1) is 11.3. The van der Waals surface area contributed by atoms with Crippen molar-refractivity contribution >= 4 is 5.96 Å². The van der Waals surface area contributed by atoms with Crippen molar-refractivity contribution in [3.63, 3.8) is 0 Å². The van der Waals surface area contributed by atoms with Gasteiger partial charge in [-0.05, 0) is 17.7 Å². The molecule has 6 nitrogen and oxygen atoms in total. The predicted molar refractivity (Wildman–Crippen MR) is 90.8 cm³/mol. The van der Waals surface area contributed by atoms with Crippen LogP contribution in [0, 0.1) is 0 Å². The highest BCUT2D eigenvalue weighted by molar-refractivity contribution is 5.79. The molecule has 0 saturated heterocycles. The molecule has 0 bridgehead atoms. The fourth-order valence-electron chi connectivity index (χ4n) is 2.11. The summed E-state index contributed by atoms with van der Waals surface area (Å²) < 4.78 is 10.5. The number of rotatable bonds is 6. The fourth-order valence-corrected chi connectivity index (χ4v) is 2.11. The number of aliphatic imine (C=N–C) groups is 1. The Labute approximate surface area is 136 Å². The van der Waals surface area contributed by atoms with Crippen LogP contribution >= 0.6 is 0 Å². The van der Waals surface area contributed by atoms with Gasteiger partial charge < -0.3 is 20.1 Å². The molecule has 6 heteroatoms. The third-order valence-electron chi connectivity index (χ3n) is 3.33. The Morgan fingerprint density at radius 2 is 1.87 bits per heavy atom. The van der Waals surface area contributed by atoms with Crippen molar-refractivity contribution < 1.29 is 9.47 Å². The quantitative estimate of drug-likeness (QED) is 0.630. The summed E-state index contributed by atoms with van der Waals surface area (Å²) in [5.41, 5.74) is 2.14. The zero-order chi connectivity index (χ0) is 16.5. The van der Waals surface area contributed by atoms with Crippen LogP contribution in [0.3, 0.4) is 0 Å². The molecular weight excluding hydrogens is 292 g/mol. The molecule has 0 spiro atoms. The number of ether oxygens (including phenoxy) is 2. The topological polar surface area (TPSA) is 67.8 Å². The molecule has 0 unspecified atom stereocenters. The Morgan fingerprint density at radius 3 is 2.61 bits per heavy atom. The molecule has 0 atom stereocenters. The van der Waals surface area contributed by atoms with E-state index < -0.39 is 0 Å². The average molecular weight is 314 g/mol. The van der Waals surface area contributed by atoms with E-state index in [2.05, 4.69) is 20.6 Å². The lowest BCUT2D eigenvalue weighted by Gasteiger charge is -2.14. The monoisotopic (exact) mass is 314 g/mol. The highest BCUT2D eigenvalue weighted by Crippen LogP contribution is 2.16. The molecule has 1 aromatic carbocycles. The standard InChI is InChI=1S/C17H22N4O2/c1-18-17(20-11-13-8-9-19-16(10-13)23-3)21-12-14-6-4-5-7-15(14)22-2/h4-10H,11-12H2,1-3H3,(H2,18,20,21). The van der Waals surface area contributed by atoms with Crippen molar-refractivity contribution in [1.82, 2.24) is 15.6 Å². The molecule has 2 rings (SSSR count). The van der Waals surface area contributed by atoms with E-state index in [4.69, 9.17) is 9.47 Å². The van der Waals surface area contributed by atoms with Crippen molar-refractivity contribution in [2.45, 2.75) is 13.1 Å². The van der Waals surface area contributed by atoms with Crippen LogP contribution in [0.2, 0.25) is 0 Å². The summed E-state index contributed by atoms with van der Waals surface area (Å²) in [4.78, 5) is 8.31. The lowest BCUT2D eigenvalue weighted by molar-refractivity contribution is 0.397. The molecule has 0 aliphatic carbocycles. The zero-order valence-electron chi connectivity index (χ0n) is 13.7. The maximum Gasteiger partial charge on any atom is 0.213 e. The van der Waals surface area contributed by atoms with Gasteiger partial charge in [-0.15, -0.1) is 0 Å². The first-order valence-corrected chi connectivity index (χ1v) is 7.32. The number of hydrogen-bond donors (Lipinski definition) is 2. The second-order valence-electron chi connectivity index (χ2n) is 4.80. The van der Waals surface area contributed by atoms with Gasteiger partial charge in [-0.1, -0.05) is 18.2 Å². The Bertz CT molecular complexity index is 659. The molecule has 0 saturated carbocycles. The highest BCUT2D eigenvalue weighted by Gasteiger charge is 2.04. The second kappa shape index (κ2) is 8.63. The van der Waals surface area contributed by atoms with Crippen LogP contribution in [0.15, 0.2) is 47.6 Å². The number of guanidine groups is 1. The first-order valence-electron chi connectivity index (χ1n) is 7.32. The van der Waals surface area contributed by atoms with E-state index >= 15 is 0 Å². The average Bonchev–Trinajstić information content (AvgIpc) is 2.62. The van der Waals surface area contributed by atoms with Gasteiger partial charge in [-0.3, -0.25) is 4.99 Å². The molecule has 0 radical (unpaired) electrons. The maximum absolute atomic E-state index is 5.34. The van der Waals surface area contributed by atoms with Crippen molar-refractivity contribution in [2.24, 2.45) is 4.99 Å². The number of aromatic nitrogens is 1. The van der Waals surface area contributed by atoms with Crippen LogP contribution in [-0.2, 0) is 13.1 Å². The van der Waals surface area contributed by atoms with E-state index in [1.54, 1.807) is 27.5 Å². The lowest BCUT2D eigenvalue weighted by Crippen LogP contribution is -2.36. The molecule has 0 aliphatic rings. The maximum atomic E-state index is 5.34. The smallest absolute Gasteiger partial charge is 0.213 e. The second-order valence-corrected chi connectivity index (χ2v) is 4.80. The molecule has 122 valence electrons. The third kappa shape index (κ3) is 4.88. The molecule has 0 aliphatic heterocycles. The lowest BCUT2D eigenvalue weighted by atomic mass is 10.2. The number of nitrogens with one attached hydrogen (secondary N) is 2. The summed E-state index contributed by atoms with van der Waals surface area (Å²) in [6.45, 7) is 1.26.